The van der Waals surface area contributed by atoms with Gasteiger partial charge >= 0.3 is 0 Å². The molecule has 0 atom stereocenters. The Balaban J connectivity index is 0.000000377. The standard InChI is InChI=1S/C20H18N2PS.CH4O4S/c1-21-16-20(22-15-9-8-14-19(21)22)23(24,17-10-4-2-5-11-17)18-12-6-3-7-13-18;1-5-6(2,3)4/h2-16H,1H3;1H3,(H,2,3,4)/q+1;/p-1. The highest BCUT2D eigenvalue weighted by Crippen LogP contribution is 2.42. The molecule has 0 bridgehead atoms. The summed E-state index contributed by atoms with van der Waals surface area (Å²) in [6.07, 6.45) is 4.30. The highest BCUT2D eigenvalue weighted by atomic mass is 32.4. The molecule has 4 aromatic rings. The lowest BCUT2D eigenvalue weighted by Gasteiger charge is -2.20. The maximum atomic E-state index is 9.22. The summed E-state index contributed by atoms with van der Waals surface area (Å²) >= 11 is 6.42. The first kappa shape index (κ1) is 22.3. The molecule has 0 saturated heterocycles. The second-order valence-electron chi connectivity index (χ2n) is 6.38. The fraction of sp³-hybridized carbons (Fsp3) is 0.0952. The van der Waals surface area contributed by atoms with Crippen molar-refractivity contribution in [2.75, 3.05) is 7.11 Å². The van der Waals surface area contributed by atoms with Gasteiger partial charge in [0.1, 0.15) is 6.20 Å². The van der Waals surface area contributed by atoms with Crippen molar-refractivity contribution in [3.8, 4) is 0 Å². The van der Waals surface area contributed by atoms with Crippen molar-refractivity contribution in [2.24, 2.45) is 7.05 Å². The summed E-state index contributed by atoms with van der Waals surface area (Å²) in [5.41, 5.74) is 2.33. The van der Waals surface area contributed by atoms with Gasteiger partial charge in [-0.25, -0.2) is 13.0 Å². The van der Waals surface area contributed by atoms with Gasteiger partial charge in [0, 0.05) is 6.07 Å². The van der Waals surface area contributed by atoms with Crippen LogP contribution in [0.3, 0.4) is 0 Å². The Bertz CT molecular complexity index is 1250. The third kappa shape index (κ3) is 4.69. The molecule has 2 aromatic heterocycles. The van der Waals surface area contributed by atoms with E-state index in [4.69, 9.17) is 11.8 Å². The topological polar surface area (TPSA) is 74.7 Å². The number of aromatic nitrogens is 2. The molecule has 0 aliphatic rings. The van der Waals surface area contributed by atoms with Crippen LogP contribution in [0.5, 0.6) is 0 Å². The summed E-state index contributed by atoms with van der Waals surface area (Å²) in [4.78, 5) is 0. The van der Waals surface area contributed by atoms with Gasteiger partial charge in [-0.3, -0.25) is 4.18 Å². The molecule has 0 radical (unpaired) electrons. The molecular weight excluding hydrogens is 439 g/mol. The van der Waals surface area contributed by atoms with Crippen molar-refractivity contribution in [1.29, 1.82) is 0 Å². The molecule has 0 unspecified atom stereocenters. The Morgan fingerprint density at radius 2 is 1.40 bits per heavy atom. The largest absolute Gasteiger partial charge is 0.726 e. The molecule has 0 aliphatic heterocycles. The summed E-state index contributed by atoms with van der Waals surface area (Å²) in [6.45, 7) is 0. The molecule has 4 rings (SSSR count). The molecule has 2 aromatic carbocycles. The van der Waals surface area contributed by atoms with Crippen LogP contribution in [0.25, 0.3) is 5.65 Å². The maximum absolute atomic E-state index is 9.22. The third-order valence-corrected chi connectivity index (χ3v) is 9.78. The van der Waals surface area contributed by atoms with Gasteiger partial charge in [-0.15, -0.1) is 0 Å². The van der Waals surface area contributed by atoms with E-state index in [2.05, 4.69) is 99.3 Å². The quantitative estimate of drug-likeness (QED) is 0.200. The maximum Gasteiger partial charge on any atom is 0.286 e. The van der Waals surface area contributed by atoms with Crippen LogP contribution < -0.4 is 20.6 Å². The number of pyridine rings is 1. The van der Waals surface area contributed by atoms with Crippen LogP contribution in [0.2, 0.25) is 0 Å². The van der Waals surface area contributed by atoms with E-state index in [1.165, 1.54) is 16.0 Å². The van der Waals surface area contributed by atoms with Gasteiger partial charge in [-0.05, 0) is 16.7 Å². The number of aryl methyl sites for hydroxylation is 1. The third-order valence-electron chi connectivity index (χ3n) is 4.52. The Hall–Kier alpha value is -2.35. The highest BCUT2D eigenvalue weighted by Gasteiger charge is 2.32. The van der Waals surface area contributed by atoms with Crippen LogP contribution in [-0.2, 0) is 33.4 Å². The van der Waals surface area contributed by atoms with Crippen LogP contribution in [0.1, 0.15) is 0 Å². The molecule has 0 aliphatic carbocycles. The molecule has 0 spiro atoms. The SMILES string of the molecule is COS(=O)(=O)[O-].C[n+]1cc(P(=S)(c2ccccc2)c2ccccc2)n2ccccc21. The van der Waals surface area contributed by atoms with Crippen LogP contribution >= 0.6 is 6.04 Å². The minimum Gasteiger partial charge on any atom is -0.726 e. The zero-order valence-corrected chi connectivity index (χ0v) is 19.0. The average Bonchev–Trinajstić information content (AvgIpc) is 3.12. The second-order valence-corrected chi connectivity index (χ2v) is 11.9. The summed E-state index contributed by atoms with van der Waals surface area (Å²) in [5.74, 6) is 0. The monoisotopic (exact) mass is 460 g/mol. The fourth-order valence-corrected chi connectivity index (χ4v) is 7.09. The van der Waals surface area contributed by atoms with Gasteiger partial charge < -0.3 is 4.55 Å². The molecule has 0 N–H and O–H groups in total. The zero-order chi connectivity index (χ0) is 21.8. The predicted octanol–water partition coefficient (Wildman–Crippen LogP) is 1.61. The van der Waals surface area contributed by atoms with Crippen LogP contribution in [-0.4, -0.2) is 24.5 Å². The van der Waals surface area contributed by atoms with Gasteiger partial charge in [-0.2, -0.15) is 4.40 Å². The molecule has 0 fully saturated rings. The predicted molar refractivity (Wildman–Crippen MR) is 121 cm³/mol. The van der Waals surface area contributed by atoms with E-state index in [0.717, 1.165) is 12.8 Å². The van der Waals surface area contributed by atoms with Crippen molar-refractivity contribution < 1.29 is 21.7 Å². The van der Waals surface area contributed by atoms with Gasteiger partial charge in [0.15, 0.2) is 5.44 Å². The number of imidazole rings is 1. The number of hydrogen-bond acceptors (Lipinski definition) is 5. The number of hydrogen-bond donors (Lipinski definition) is 0. The number of benzene rings is 2. The summed E-state index contributed by atoms with van der Waals surface area (Å²) in [6, 6.07) is 25.2. The average molecular weight is 461 g/mol. The molecule has 0 amide bonds. The van der Waals surface area contributed by atoms with E-state index in [1.807, 2.05) is 12.1 Å². The van der Waals surface area contributed by atoms with E-state index < -0.39 is 16.4 Å². The van der Waals surface area contributed by atoms with Crippen LogP contribution in [0.15, 0.2) is 91.3 Å². The lowest BCUT2D eigenvalue weighted by molar-refractivity contribution is -0.643. The Kier molecular flexibility index (Phi) is 6.85. The van der Waals surface area contributed by atoms with E-state index in [1.54, 1.807) is 0 Å². The van der Waals surface area contributed by atoms with E-state index in [9.17, 15) is 13.0 Å². The van der Waals surface area contributed by atoms with Crippen molar-refractivity contribution in [3.05, 3.63) is 91.3 Å². The van der Waals surface area contributed by atoms with Crippen LogP contribution in [0, 0.1) is 0 Å². The van der Waals surface area contributed by atoms with E-state index >= 15 is 0 Å². The molecule has 156 valence electrons. The normalized spacial score (nSPS) is 11.7. The Morgan fingerprint density at radius 1 is 0.933 bits per heavy atom. The fourth-order valence-electron chi connectivity index (χ4n) is 3.14. The summed E-state index contributed by atoms with van der Waals surface area (Å²) < 4.78 is 35.4. The second kappa shape index (κ2) is 9.20. The van der Waals surface area contributed by atoms with Crippen molar-refractivity contribution in [2.45, 2.75) is 0 Å². The van der Waals surface area contributed by atoms with Crippen molar-refractivity contribution >= 4 is 49.9 Å². The molecule has 9 heteroatoms. The van der Waals surface area contributed by atoms with Gasteiger partial charge in [0.2, 0.25) is 10.4 Å². The van der Waals surface area contributed by atoms with E-state index in [-0.39, 0.29) is 0 Å². The molecule has 6 nitrogen and oxygen atoms in total. The first-order chi connectivity index (χ1) is 14.3. The molecule has 0 saturated carbocycles. The minimum absolute atomic E-state index is 0.808. The van der Waals surface area contributed by atoms with Gasteiger partial charge in [-0.1, -0.05) is 78.5 Å². The zero-order valence-electron chi connectivity index (χ0n) is 16.5. The number of nitrogens with zero attached hydrogens (tertiary/aromatic N) is 2. The Labute approximate surface area is 181 Å². The highest BCUT2D eigenvalue weighted by molar-refractivity contribution is 8.25. The first-order valence-electron chi connectivity index (χ1n) is 8.96. The first-order valence-corrected chi connectivity index (χ1v) is 13.1. The Morgan fingerprint density at radius 3 is 1.87 bits per heavy atom. The van der Waals surface area contributed by atoms with Crippen LogP contribution in [0.4, 0.5) is 0 Å². The van der Waals surface area contributed by atoms with Crippen molar-refractivity contribution in [3.63, 3.8) is 0 Å². The molecule has 30 heavy (non-hydrogen) atoms. The van der Waals surface area contributed by atoms with Crippen molar-refractivity contribution in [1.82, 2.24) is 4.40 Å². The lowest BCUT2D eigenvalue weighted by atomic mass is 10.4. The number of fused-ring (bicyclic) bond motifs is 1. The molecule has 2 heterocycles. The van der Waals surface area contributed by atoms with Gasteiger partial charge in [0.05, 0.1) is 26.4 Å². The summed E-state index contributed by atoms with van der Waals surface area (Å²) in [7, 11) is -1.53. The smallest absolute Gasteiger partial charge is 0.286 e. The van der Waals surface area contributed by atoms with E-state index in [0.29, 0.717) is 0 Å². The van der Waals surface area contributed by atoms with Gasteiger partial charge in [0.25, 0.3) is 5.65 Å². The minimum atomic E-state index is -4.41. The summed E-state index contributed by atoms with van der Waals surface area (Å²) in [5, 5.41) is 2.44. The lowest BCUT2D eigenvalue weighted by Crippen LogP contribution is -2.29. The number of rotatable bonds is 4. The molecular formula is C21H21N2O4PS2.